The summed E-state index contributed by atoms with van der Waals surface area (Å²) >= 11 is 0. The van der Waals surface area contributed by atoms with E-state index in [-0.39, 0.29) is 12.4 Å². The number of esters is 1. The maximum absolute atomic E-state index is 11.1. The first-order valence-corrected chi connectivity index (χ1v) is 4.87. The molecule has 0 amide bonds. The molecule has 0 aliphatic carbocycles. The van der Waals surface area contributed by atoms with Gasteiger partial charge in [-0.15, -0.1) is 0 Å². The Morgan fingerprint density at radius 1 is 1.50 bits per heavy atom. The van der Waals surface area contributed by atoms with Gasteiger partial charge in [-0.25, -0.2) is 9.97 Å². The Bertz CT molecular complexity index is 339. The number of rotatable bonds is 5. The maximum Gasteiger partial charge on any atom is 0.316 e. The number of hydrogen-bond donors (Lipinski definition) is 1. The molecule has 1 unspecified atom stereocenters. The van der Waals surface area contributed by atoms with Gasteiger partial charge >= 0.3 is 12.0 Å². The fourth-order valence-electron chi connectivity index (χ4n) is 1.10. The Balaban J connectivity index is 2.58. The second kappa shape index (κ2) is 6.02. The van der Waals surface area contributed by atoms with Crippen molar-refractivity contribution in [2.24, 2.45) is 0 Å². The molecule has 1 heterocycles. The van der Waals surface area contributed by atoms with Crippen LogP contribution in [0.25, 0.3) is 0 Å². The van der Waals surface area contributed by atoms with Gasteiger partial charge in [-0.3, -0.25) is 4.79 Å². The zero-order valence-corrected chi connectivity index (χ0v) is 9.21. The van der Waals surface area contributed by atoms with E-state index in [4.69, 9.17) is 9.47 Å². The van der Waals surface area contributed by atoms with Crippen molar-refractivity contribution in [2.75, 3.05) is 13.7 Å². The molecule has 0 radical (unpaired) electrons. The van der Waals surface area contributed by atoms with Crippen molar-refractivity contribution < 1.29 is 19.4 Å². The van der Waals surface area contributed by atoms with Crippen LogP contribution in [0.4, 0.5) is 0 Å². The van der Waals surface area contributed by atoms with Crippen molar-refractivity contribution in [1.82, 2.24) is 9.97 Å². The van der Waals surface area contributed by atoms with Crippen LogP contribution in [-0.2, 0) is 9.53 Å². The topological polar surface area (TPSA) is 81.5 Å². The minimum absolute atomic E-state index is 0.108. The van der Waals surface area contributed by atoms with E-state index in [0.29, 0.717) is 12.2 Å². The molecule has 0 aromatic carbocycles. The van der Waals surface area contributed by atoms with Gasteiger partial charge in [-0.2, -0.15) is 0 Å². The molecule has 0 saturated heterocycles. The van der Waals surface area contributed by atoms with Gasteiger partial charge in [-0.05, 0) is 6.92 Å². The normalized spacial score (nSPS) is 11.9. The molecule has 16 heavy (non-hydrogen) atoms. The number of hydrogen-bond acceptors (Lipinski definition) is 6. The number of methoxy groups -OCH3 is 1. The lowest BCUT2D eigenvalue weighted by molar-refractivity contribution is -0.145. The molecule has 6 heteroatoms. The minimum Gasteiger partial charge on any atom is -0.467 e. The third-order valence-corrected chi connectivity index (χ3v) is 1.88. The van der Waals surface area contributed by atoms with Gasteiger partial charge in [0.05, 0.1) is 26.2 Å². The van der Waals surface area contributed by atoms with Crippen LogP contribution in [0.5, 0.6) is 6.01 Å². The number of carbonyl (C=O) groups is 1. The van der Waals surface area contributed by atoms with Gasteiger partial charge in [0.25, 0.3) is 0 Å². The number of ether oxygens (including phenoxy) is 2. The van der Waals surface area contributed by atoms with Crippen molar-refractivity contribution in [3.05, 3.63) is 18.0 Å². The van der Waals surface area contributed by atoms with Gasteiger partial charge in [-0.1, -0.05) is 0 Å². The molecule has 6 nitrogen and oxygen atoms in total. The van der Waals surface area contributed by atoms with E-state index in [1.54, 1.807) is 6.92 Å². The fourth-order valence-corrected chi connectivity index (χ4v) is 1.10. The second-order valence-electron chi connectivity index (χ2n) is 3.03. The summed E-state index contributed by atoms with van der Waals surface area (Å²) in [4.78, 5) is 18.8. The Morgan fingerprint density at radius 2 is 2.12 bits per heavy atom. The first kappa shape index (κ1) is 12.4. The standard InChI is InChI=1S/C10H14N2O4/c1-3-16-9(14)4-8(13)7-5-11-10(15-2)12-6-7/h5-6,8,13H,3-4H2,1-2H3. The molecular formula is C10H14N2O4. The smallest absolute Gasteiger partial charge is 0.316 e. The van der Waals surface area contributed by atoms with E-state index >= 15 is 0 Å². The molecule has 0 fully saturated rings. The first-order valence-electron chi connectivity index (χ1n) is 4.87. The maximum atomic E-state index is 11.1. The van der Waals surface area contributed by atoms with Crippen LogP contribution in [0.15, 0.2) is 12.4 Å². The van der Waals surface area contributed by atoms with Crippen molar-refractivity contribution in [1.29, 1.82) is 0 Å². The van der Waals surface area contributed by atoms with Crippen LogP contribution in [0.3, 0.4) is 0 Å². The lowest BCUT2D eigenvalue weighted by Gasteiger charge is -2.09. The number of nitrogens with zero attached hydrogens (tertiary/aromatic N) is 2. The van der Waals surface area contributed by atoms with Crippen molar-refractivity contribution in [3.8, 4) is 6.01 Å². The Morgan fingerprint density at radius 3 is 2.62 bits per heavy atom. The van der Waals surface area contributed by atoms with Gasteiger partial charge in [0.15, 0.2) is 0 Å². The van der Waals surface area contributed by atoms with E-state index in [0.717, 1.165) is 0 Å². The number of aliphatic hydroxyl groups is 1. The average molecular weight is 226 g/mol. The SMILES string of the molecule is CCOC(=O)CC(O)c1cnc(OC)nc1. The third-order valence-electron chi connectivity index (χ3n) is 1.88. The molecule has 0 spiro atoms. The molecule has 1 atom stereocenters. The molecule has 0 saturated carbocycles. The van der Waals surface area contributed by atoms with E-state index in [1.807, 2.05) is 0 Å². The summed E-state index contributed by atoms with van der Waals surface area (Å²) in [7, 11) is 1.45. The zero-order valence-electron chi connectivity index (χ0n) is 9.21. The van der Waals surface area contributed by atoms with Crippen LogP contribution in [-0.4, -0.2) is 34.8 Å². The summed E-state index contributed by atoms with van der Waals surface area (Å²) in [5, 5.41) is 9.66. The summed E-state index contributed by atoms with van der Waals surface area (Å²) in [6.45, 7) is 2.01. The summed E-state index contributed by atoms with van der Waals surface area (Å²) in [6, 6.07) is 0.215. The number of aromatic nitrogens is 2. The highest BCUT2D eigenvalue weighted by Crippen LogP contribution is 2.16. The highest BCUT2D eigenvalue weighted by atomic mass is 16.5. The Hall–Kier alpha value is -1.69. The highest BCUT2D eigenvalue weighted by molar-refractivity contribution is 5.70. The summed E-state index contributed by atoms with van der Waals surface area (Å²) in [6.07, 6.45) is 1.76. The van der Waals surface area contributed by atoms with E-state index in [1.165, 1.54) is 19.5 Å². The van der Waals surface area contributed by atoms with Gasteiger partial charge in [0.1, 0.15) is 0 Å². The molecule has 1 N–H and O–H groups in total. The monoisotopic (exact) mass is 226 g/mol. The molecule has 1 aromatic heterocycles. The minimum atomic E-state index is -0.954. The van der Waals surface area contributed by atoms with Crippen LogP contribution < -0.4 is 4.74 Å². The molecule has 0 aliphatic heterocycles. The van der Waals surface area contributed by atoms with Crippen molar-refractivity contribution in [2.45, 2.75) is 19.4 Å². The summed E-state index contributed by atoms with van der Waals surface area (Å²) < 4.78 is 9.49. The number of aliphatic hydroxyl groups excluding tert-OH is 1. The quantitative estimate of drug-likeness (QED) is 0.735. The van der Waals surface area contributed by atoms with E-state index in [2.05, 4.69) is 9.97 Å². The molecule has 0 bridgehead atoms. The lowest BCUT2D eigenvalue weighted by Crippen LogP contribution is -2.10. The van der Waals surface area contributed by atoms with E-state index in [9.17, 15) is 9.90 Å². The Labute approximate surface area is 93.2 Å². The van der Waals surface area contributed by atoms with Crippen LogP contribution >= 0.6 is 0 Å². The lowest BCUT2D eigenvalue weighted by atomic mass is 10.1. The van der Waals surface area contributed by atoms with Crippen LogP contribution in [0.2, 0.25) is 0 Å². The molecule has 0 aliphatic rings. The van der Waals surface area contributed by atoms with Crippen LogP contribution in [0, 0.1) is 0 Å². The van der Waals surface area contributed by atoms with Crippen molar-refractivity contribution >= 4 is 5.97 Å². The molecule has 1 aromatic rings. The second-order valence-corrected chi connectivity index (χ2v) is 3.03. The summed E-state index contributed by atoms with van der Waals surface area (Å²) in [5.41, 5.74) is 0.453. The van der Waals surface area contributed by atoms with E-state index < -0.39 is 12.1 Å². The highest BCUT2D eigenvalue weighted by Gasteiger charge is 2.14. The Kier molecular flexibility index (Phi) is 4.65. The van der Waals surface area contributed by atoms with Gasteiger partial charge in [0.2, 0.25) is 0 Å². The number of carbonyl (C=O) groups excluding carboxylic acids is 1. The van der Waals surface area contributed by atoms with Crippen LogP contribution in [0.1, 0.15) is 25.0 Å². The van der Waals surface area contributed by atoms with Gasteiger partial charge in [0, 0.05) is 18.0 Å². The molecular weight excluding hydrogens is 212 g/mol. The third kappa shape index (κ3) is 3.47. The molecule has 88 valence electrons. The molecule has 1 rings (SSSR count). The fraction of sp³-hybridized carbons (Fsp3) is 0.500. The van der Waals surface area contributed by atoms with Gasteiger partial charge < -0.3 is 14.6 Å². The summed E-state index contributed by atoms with van der Waals surface area (Å²) in [5.74, 6) is -0.453. The average Bonchev–Trinajstić information content (AvgIpc) is 2.29. The zero-order chi connectivity index (χ0) is 12.0. The predicted molar refractivity (Wildman–Crippen MR) is 54.8 cm³/mol. The largest absolute Gasteiger partial charge is 0.467 e. The first-order chi connectivity index (χ1) is 7.67. The predicted octanol–water partition coefficient (Wildman–Crippen LogP) is 0.472. The van der Waals surface area contributed by atoms with Crippen molar-refractivity contribution in [3.63, 3.8) is 0 Å².